The molecule has 0 amide bonds. The van der Waals surface area contributed by atoms with E-state index in [0.717, 1.165) is 12.6 Å². The summed E-state index contributed by atoms with van der Waals surface area (Å²) in [5.74, 6) is 0.649. The van der Waals surface area contributed by atoms with Crippen molar-refractivity contribution in [2.45, 2.75) is 64.5 Å². The van der Waals surface area contributed by atoms with Gasteiger partial charge in [-0.1, -0.05) is 39.5 Å². The maximum Gasteiger partial charge on any atom is 0.0193 e. The SMILES string of the molecule is CCC(C)C(N)CN(C)C1CCCCC1. The predicted molar refractivity (Wildman–Crippen MR) is 66.9 cm³/mol. The van der Waals surface area contributed by atoms with Crippen LogP contribution in [0.1, 0.15) is 52.4 Å². The minimum atomic E-state index is 0.349. The average Bonchev–Trinajstić information content (AvgIpc) is 2.29. The molecule has 1 fully saturated rings. The van der Waals surface area contributed by atoms with Gasteiger partial charge in [0.25, 0.3) is 0 Å². The first kappa shape index (κ1) is 13.0. The van der Waals surface area contributed by atoms with E-state index in [1.54, 1.807) is 0 Å². The Balaban J connectivity index is 2.29. The normalized spacial score (nSPS) is 23.0. The smallest absolute Gasteiger partial charge is 0.0193 e. The molecule has 1 aliphatic rings. The van der Waals surface area contributed by atoms with Crippen LogP contribution in [0.3, 0.4) is 0 Å². The molecule has 0 spiro atoms. The van der Waals surface area contributed by atoms with Gasteiger partial charge < -0.3 is 10.6 Å². The van der Waals surface area contributed by atoms with Crippen molar-refractivity contribution in [3.63, 3.8) is 0 Å². The topological polar surface area (TPSA) is 29.3 Å². The molecule has 90 valence electrons. The highest BCUT2D eigenvalue weighted by molar-refractivity contribution is 4.78. The van der Waals surface area contributed by atoms with Gasteiger partial charge in [0, 0.05) is 18.6 Å². The molecule has 0 saturated heterocycles. The van der Waals surface area contributed by atoms with Crippen molar-refractivity contribution < 1.29 is 0 Å². The maximum absolute atomic E-state index is 6.19. The molecule has 1 saturated carbocycles. The summed E-state index contributed by atoms with van der Waals surface area (Å²) >= 11 is 0. The summed E-state index contributed by atoms with van der Waals surface area (Å²) in [7, 11) is 2.25. The minimum Gasteiger partial charge on any atom is -0.326 e. The Morgan fingerprint density at radius 3 is 2.40 bits per heavy atom. The van der Waals surface area contributed by atoms with Gasteiger partial charge in [0.15, 0.2) is 0 Å². The Morgan fingerprint density at radius 2 is 1.87 bits per heavy atom. The number of rotatable bonds is 5. The molecule has 0 bridgehead atoms. The Hall–Kier alpha value is -0.0800. The molecule has 0 heterocycles. The van der Waals surface area contributed by atoms with Crippen LogP contribution in [0.2, 0.25) is 0 Å². The Morgan fingerprint density at radius 1 is 1.27 bits per heavy atom. The molecule has 1 rings (SSSR count). The molecular weight excluding hydrogens is 184 g/mol. The summed E-state index contributed by atoms with van der Waals surface area (Å²) in [6.45, 7) is 5.56. The molecular formula is C13H28N2. The van der Waals surface area contributed by atoms with Gasteiger partial charge >= 0.3 is 0 Å². The van der Waals surface area contributed by atoms with Crippen molar-refractivity contribution >= 4 is 0 Å². The van der Waals surface area contributed by atoms with E-state index in [1.807, 2.05) is 0 Å². The third-order valence-corrected chi connectivity index (χ3v) is 4.07. The molecule has 2 heteroatoms. The van der Waals surface area contributed by atoms with Crippen LogP contribution >= 0.6 is 0 Å². The molecule has 0 aromatic rings. The van der Waals surface area contributed by atoms with E-state index in [9.17, 15) is 0 Å². The monoisotopic (exact) mass is 212 g/mol. The largest absolute Gasteiger partial charge is 0.326 e. The first-order valence-corrected chi connectivity index (χ1v) is 6.61. The molecule has 2 atom stereocenters. The lowest BCUT2D eigenvalue weighted by Gasteiger charge is -2.34. The van der Waals surface area contributed by atoms with E-state index in [4.69, 9.17) is 5.73 Å². The van der Waals surface area contributed by atoms with E-state index >= 15 is 0 Å². The van der Waals surface area contributed by atoms with Crippen molar-refractivity contribution in [1.82, 2.24) is 4.90 Å². The highest BCUT2D eigenvalue weighted by atomic mass is 15.1. The molecule has 15 heavy (non-hydrogen) atoms. The van der Waals surface area contributed by atoms with Gasteiger partial charge in [0.2, 0.25) is 0 Å². The second kappa shape index (κ2) is 6.49. The molecule has 0 radical (unpaired) electrons. The summed E-state index contributed by atoms with van der Waals surface area (Å²) in [5.41, 5.74) is 6.19. The third kappa shape index (κ3) is 4.12. The number of likely N-dealkylation sites (N-methyl/N-ethyl adjacent to an activating group) is 1. The minimum absolute atomic E-state index is 0.349. The third-order valence-electron chi connectivity index (χ3n) is 4.07. The molecule has 0 aromatic carbocycles. The lowest BCUT2D eigenvalue weighted by atomic mass is 9.93. The Kier molecular flexibility index (Phi) is 5.62. The second-order valence-corrected chi connectivity index (χ2v) is 5.28. The maximum atomic E-state index is 6.19. The van der Waals surface area contributed by atoms with Gasteiger partial charge in [-0.05, 0) is 25.8 Å². The van der Waals surface area contributed by atoms with Gasteiger partial charge in [-0.25, -0.2) is 0 Å². The zero-order valence-electron chi connectivity index (χ0n) is 10.7. The summed E-state index contributed by atoms with van der Waals surface area (Å²) in [6, 6.07) is 1.15. The van der Waals surface area contributed by atoms with Crippen LogP contribution in [0, 0.1) is 5.92 Å². The van der Waals surface area contributed by atoms with E-state index in [-0.39, 0.29) is 0 Å². The van der Waals surface area contributed by atoms with Gasteiger partial charge in [0.1, 0.15) is 0 Å². The van der Waals surface area contributed by atoms with Crippen LogP contribution in [-0.2, 0) is 0 Å². The Labute approximate surface area is 95.2 Å². The van der Waals surface area contributed by atoms with Crippen LogP contribution in [0.4, 0.5) is 0 Å². The molecule has 2 unspecified atom stereocenters. The first-order chi connectivity index (χ1) is 7.15. The fourth-order valence-corrected chi connectivity index (χ4v) is 2.49. The number of nitrogens with two attached hydrogens (primary N) is 1. The fourth-order valence-electron chi connectivity index (χ4n) is 2.49. The standard InChI is InChI=1S/C13H28N2/c1-4-11(2)13(14)10-15(3)12-8-6-5-7-9-12/h11-13H,4-10,14H2,1-3H3. The summed E-state index contributed by atoms with van der Waals surface area (Å²) in [6.07, 6.45) is 8.20. The van der Waals surface area contributed by atoms with Crippen LogP contribution in [0.25, 0.3) is 0 Å². The number of nitrogens with zero attached hydrogens (tertiary/aromatic N) is 1. The first-order valence-electron chi connectivity index (χ1n) is 6.61. The van der Waals surface area contributed by atoms with Gasteiger partial charge in [-0.15, -0.1) is 0 Å². The summed E-state index contributed by atoms with van der Waals surface area (Å²) < 4.78 is 0. The van der Waals surface area contributed by atoms with Gasteiger partial charge in [0.05, 0.1) is 0 Å². The van der Waals surface area contributed by atoms with Crippen molar-refractivity contribution in [2.24, 2.45) is 11.7 Å². The van der Waals surface area contributed by atoms with Crippen LogP contribution < -0.4 is 5.73 Å². The molecule has 0 aliphatic heterocycles. The molecule has 1 aliphatic carbocycles. The number of hydrogen-bond donors (Lipinski definition) is 1. The number of hydrogen-bond acceptors (Lipinski definition) is 2. The molecule has 2 N–H and O–H groups in total. The van der Waals surface area contributed by atoms with Gasteiger partial charge in [-0.3, -0.25) is 0 Å². The summed E-state index contributed by atoms with van der Waals surface area (Å²) in [5, 5.41) is 0. The zero-order valence-corrected chi connectivity index (χ0v) is 10.7. The van der Waals surface area contributed by atoms with Crippen molar-refractivity contribution in [3.05, 3.63) is 0 Å². The van der Waals surface area contributed by atoms with Crippen molar-refractivity contribution in [3.8, 4) is 0 Å². The molecule has 2 nitrogen and oxygen atoms in total. The molecule has 0 aromatic heterocycles. The lowest BCUT2D eigenvalue weighted by Crippen LogP contribution is -2.44. The van der Waals surface area contributed by atoms with Crippen LogP contribution in [0.5, 0.6) is 0 Å². The fraction of sp³-hybridized carbons (Fsp3) is 1.00. The van der Waals surface area contributed by atoms with Crippen LogP contribution in [0.15, 0.2) is 0 Å². The average molecular weight is 212 g/mol. The van der Waals surface area contributed by atoms with E-state index in [2.05, 4.69) is 25.8 Å². The highest BCUT2D eigenvalue weighted by Crippen LogP contribution is 2.22. The lowest BCUT2D eigenvalue weighted by molar-refractivity contribution is 0.169. The predicted octanol–water partition coefficient (Wildman–Crippen LogP) is 2.62. The zero-order chi connectivity index (χ0) is 11.3. The van der Waals surface area contributed by atoms with Crippen LogP contribution in [-0.4, -0.2) is 30.6 Å². The highest BCUT2D eigenvalue weighted by Gasteiger charge is 2.21. The quantitative estimate of drug-likeness (QED) is 0.759. The van der Waals surface area contributed by atoms with E-state index < -0.39 is 0 Å². The van der Waals surface area contributed by atoms with Crippen molar-refractivity contribution in [2.75, 3.05) is 13.6 Å². The van der Waals surface area contributed by atoms with E-state index in [1.165, 1.54) is 38.5 Å². The summed E-state index contributed by atoms with van der Waals surface area (Å²) in [4.78, 5) is 2.50. The van der Waals surface area contributed by atoms with E-state index in [0.29, 0.717) is 12.0 Å². The Bertz CT molecular complexity index is 164. The second-order valence-electron chi connectivity index (χ2n) is 5.28. The van der Waals surface area contributed by atoms with Gasteiger partial charge in [-0.2, -0.15) is 0 Å². The van der Waals surface area contributed by atoms with Crippen molar-refractivity contribution in [1.29, 1.82) is 0 Å².